The molecule has 160 valence electrons. The highest BCUT2D eigenvalue weighted by molar-refractivity contribution is 5.99. The third kappa shape index (κ3) is 5.13. The highest BCUT2D eigenvalue weighted by atomic mass is 16.5. The molecule has 2 heterocycles. The maximum Gasteiger partial charge on any atom is 0.247 e. The lowest BCUT2D eigenvalue weighted by molar-refractivity contribution is -0.157. The van der Waals surface area contributed by atoms with Crippen LogP contribution in [0.25, 0.3) is 10.9 Å². The zero-order chi connectivity index (χ0) is 21.5. The van der Waals surface area contributed by atoms with E-state index < -0.39 is 12.0 Å². The van der Waals surface area contributed by atoms with Crippen molar-refractivity contribution >= 4 is 34.8 Å². The van der Waals surface area contributed by atoms with Gasteiger partial charge in [-0.3, -0.25) is 24.6 Å². The first kappa shape index (κ1) is 21.7. The van der Waals surface area contributed by atoms with E-state index in [1.165, 1.54) is 0 Å². The monoisotopic (exact) mass is 412 g/mol. The molecule has 1 aromatic carbocycles. The van der Waals surface area contributed by atoms with Crippen molar-refractivity contribution in [2.45, 2.75) is 45.1 Å². The predicted octanol–water partition coefficient (Wildman–Crippen LogP) is 2.82. The van der Waals surface area contributed by atoms with Crippen LogP contribution < -0.4 is 5.32 Å². The van der Waals surface area contributed by atoms with Crippen molar-refractivity contribution < 1.29 is 19.6 Å². The maximum absolute atomic E-state index is 13.1. The van der Waals surface area contributed by atoms with Gasteiger partial charge >= 0.3 is 0 Å². The highest BCUT2D eigenvalue weighted by Crippen LogP contribution is 2.24. The lowest BCUT2D eigenvalue weighted by Gasteiger charge is -2.29. The SMILES string of the molecule is CCCC[C@H](CN(O)C=O)C(=O)N1CCC[C@H]1C(=O)Nc1cnc2ccccc2c1. The third-order valence-corrected chi connectivity index (χ3v) is 5.48. The molecule has 1 aromatic heterocycles. The minimum Gasteiger partial charge on any atom is -0.330 e. The van der Waals surface area contributed by atoms with Crippen molar-refractivity contribution in [1.29, 1.82) is 0 Å². The number of hydrogen-bond acceptors (Lipinski definition) is 5. The van der Waals surface area contributed by atoms with Crippen LogP contribution in [0.2, 0.25) is 0 Å². The molecule has 1 fully saturated rings. The molecule has 2 aromatic rings. The molecule has 30 heavy (non-hydrogen) atoms. The highest BCUT2D eigenvalue weighted by Gasteiger charge is 2.37. The van der Waals surface area contributed by atoms with E-state index >= 15 is 0 Å². The van der Waals surface area contributed by atoms with E-state index in [9.17, 15) is 19.6 Å². The van der Waals surface area contributed by atoms with Crippen LogP contribution in [0, 0.1) is 5.92 Å². The smallest absolute Gasteiger partial charge is 0.247 e. The Balaban J connectivity index is 1.71. The first-order valence-corrected chi connectivity index (χ1v) is 10.4. The number of unbranched alkanes of at least 4 members (excludes halogenated alkanes) is 1. The molecular weight excluding hydrogens is 384 g/mol. The molecular formula is C22H28N4O4. The maximum atomic E-state index is 13.1. The minimum atomic E-state index is -0.573. The Labute approximate surface area is 175 Å². The summed E-state index contributed by atoms with van der Waals surface area (Å²) in [6, 6.07) is 8.93. The topological polar surface area (TPSA) is 103 Å². The number of carbonyl (C=O) groups is 3. The van der Waals surface area contributed by atoms with E-state index in [0.29, 0.717) is 36.5 Å². The van der Waals surface area contributed by atoms with Crippen LogP contribution in [0.4, 0.5) is 5.69 Å². The van der Waals surface area contributed by atoms with Crippen LogP contribution in [0.1, 0.15) is 39.0 Å². The van der Waals surface area contributed by atoms with Crippen molar-refractivity contribution in [3.05, 3.63) is 36.5 Å². The number of amides is 3. The van der Waals surface area contributed by atoms with Gasteiger partial charge in [0, 0.05) is 11.9 Å². The second-order valence-electron chi connectivity index (χ2n) is 7.66. The van der Waals surface area contributed by atoms with Gasteiger partial charge in [-0.05, 0) is 31.4 Å². The summed E-state index contributed by atoms with van der Waals surface area (Å²) >= 11 is 0. The normalized spacial score (nSPS) is 17.0. The largest absolute Gasteiger partial charge is 0.330 e. The van der Waals surface area contributed by atoms with Crippen molar-refractivity contribution in [3.8, 4) is 0 Å². The molecule has 1 aliphatic heterocycles. The van der Waals surface area contributed by atoms with Crippen molar-refractivity contribution in [2.24, 2.45) is 5.92 Å². The summed E-state index contributed by atoms with van der Waals surface area (Å²) in [5.74, 6) is -0.974. The summed E-state index contributed by atoms with van der Waals surface area (Å²) in [5.41, 5.74) is 1.43. The lowest BCUT2D eigenvalue weighted by Crippen LogP contribution is -2.47. The van der Waals surface area contributed by atoms with Gasteiger partial charge in [-0.2, -0.15) is 0 Å². The van der Waals surface area contributed by atoms with Crippen molar-refractivity contribution in [3.63, 3.8) is 0 Å². The zero-order valence-corrected chi connectivity index (χ0v) is 17.2. The van der Waals surface area contributed by atoms with E-state index in [1.54, 1.807) is 11.1 Å². The summed E-state index contributed by atoms with van der Waals surface area (Å²) in [5, 5.41) is 13.9. The van der Waals surface area contributed by atoms with Gasteiger partial charge in [0.1, 0.15) is 6.04 Å². The number of anilines is 1. The van der Waals surface area contributed by atoms with Crippen molar-refractivity contribution in [2.75, 3.05) is 18.4 Å². The number of aromatic nitrogens is 1. The number of carbonyl (C=O) groups excluding carboxylic acids is 3. The van der Waals surface area contributed by atoms with Crippen LogP contribution in [-0.4, -0.2) is 57.5 Å². The summed E-state index contributed by atoms with van der Waals surface area (Å²) in [7, 11) is 0. The second-order valence-corrected chi connectivity index (χ2v) is 7.66. The first-order valence-electron chi connectivity index (χ1n) is 10.4. The van der Waals surface area contributed by atoms with Gasteiger partial charge in [0.2, 0.25) is 18.2 Å². The number of hydroxylamine groups is 2. The van der Waals surface area contributed by atoms with Gasteiger partial charge in [0.05, 0.1) is 29.9 Å². The van der Waals surface area contributed by atoms with Gasteiger partial charge in [-0.25, -0.2) is 5.06 Å². The number of pyridine rings is 1. The number of nitrogens with zero attached hydrogens (tertiary/aromatic N) is 3. The molecule has 0 unspecified atom stereocenters. The molecule has 0 aliphatic carbocycles. The molecule has 0 bridgehead atoms. The molecule has 0 saturated carbocycles. The number of likely N-dealkylation sites (tertiary alicyclic amines) is 1. The molecule has 3 rings (SSSR count). The molecule has 3 amide bonds. The van der Waals surface area contributed by atoms with E-state index in [0.717, 1.165) is 30.2 Å². The fourth-order valence-electron chi connectivity index (χ4n) is 3.91. The van der Waals surface area contributed by atoms with Crippen LogP contribution in [-0.2, 0) is 14.4 Å². The first-order chi connectivity index (χ1) is 14.5. The van der Waals surface area contributed by atoms with Gasteiger partial charge in [-0.1, -0.05) is 38.0 Å². The van der Waals surface area contributed by atoms with E-state index in [4.69, 9.17) is 0 Å². The molecule has 8 nitrogen and oxygen atoms in total. The van der Waals surface area contributed by atoms with E-state index in [2.05, 4.69) is 10.3 Å². The number of para-hydroxylation sites is 1. The fourth-order valence-corrected chi connectivity index (χ4v) is 3.91. The van der Waals surface area contributed by atoms with Crippen molar-refractivity contribution in [1.82, 2.24) is 14.9 Å². The average molecular weight is 412 g/mol. The predicted molar refractivity (Wildman–Crippen MR) is 113 cm³/mol. The molecule has 8 heteroatoms. The summed E-state index contributed by atoms with van der Waals surface area (Å²) in [4.78, 5) is 42.8. The van der Waals surface area contributed by atoms with Gasteiger partial charge in [0.25, 0.3) is 0 Å². The van der Waals surface area contributed by atoms with E-state index in [-0.39, 0.29) is 18.4 Å². The van der Waals surface area contributed by atoms with Gasteiger partial charge < -0.3 is 10.2 Å². The Morgan fingerprint density at radius 3 is 2.97 bits per heavy atom. The molecule has 0 spiro atoms. The second kappa shape index (κ2) is 10.2. The van der Waals surface area contributed by atoms with Crippen LogP contribution in [0.15, 0.2) is 36.5 Å². The number of rotatable bonds is 9. The Bertz CT molecular complexity index is 904. The number of fused-ring (bicyclic) bond motifs is 1. The summed E-state index contributed by atoms with van der Waals surface area (Å²) in [6.07, 6.45) is 5.48. The summed E-state index contributed by atoms with van der Waals surface area (Å²) < 4.78 is 0. The van der Waals surface area contributed by atoms with Gasteiger partial charge in [-0.15, -0.1) is 0 Å². The number of benzene rings is 1. The summed E-state index contributed by atoms with van der Waals surface area (Å²) in [6.45, 7) is 2.44. The standard InChI is InChI=1S/C22H28N4O4/c1-2-3-7-17(14-25(30)15-27)22(29)26-11-6-10-20(26)21(28)24-18-12-16-8-4-5-9-19(16)23-13-18/h4-5,8-9,12-13,15,17,20,30H,2-3,6-7,10-11,14H2,1H3,(H,24,28)/t17-,20+/m1/s1. The quantitative estimate of drug-likeness (QED) is 0.375. The van der Waals surface area contributed by atoms with E-state index in [1.807, 2.05) is 37.3 Å². The lowest BCUT2D eigenvalue weighted by atomic mass is 9.99. The van der Waals surface area contributed by atoms with Gasteiger partial charge in [0.15, 0.2) is 0 Å². The number of hydrogen-bond donors (Lipinski definition) is 2. The number of nitrogens with one attached hydrogen (secondary N) is 1. The molecule has 1 aliphatic rings. The average Bonchev–Trinajstić information content (AvgIpc) is 3.26. The fraction of sp³-hybridized carbons (Fsp3) is 0.455. The Hall–Kier alpha value is -3.00. The van der Waals surface area contributed by atoms with Crippen LogP contribution >= 0.6 is 0 Å². The molecule has 0 radical (unpaired) electrons. The van der Waals surface area contributed by atoms with Crippen LogP contribution in [0.3, 0.4) is 0 Å². The zero-order valence-electron chi connectivity index (χ0n) is 17.2. The Kier molecular flexibility index (Phi) is 7.35. The van der Waals surface area contributed by atoms with Crippen LogP contribution in [0.5, 0.6) is 0 Å². The molecule has 2 N–H and O–H groups in total. The Morgan fingerprint density at radius 1 is 1.40 bits per heavy atom. The Morgan fingerprint density at radius 2 is 2.20 bits per heavy atom. The molecule has 2 atom stereocenters. The minimum absolute atomic E-state index is 0.0677. The third-order valence-electron chi connectivity index (χ3n) is 5.48. The molecule has 1 saturated heterocycles.